The Morgan fingerprint density at radius 1 is 1.71 bits per heavy atom. The number of ether oxygens (including phenoxy) is 1. The van der Waals surface area contributed by atoms with Gasteiger partial charge in [-0.2, -0.15) is 0 Å². The van der Waals surface area contributed by atoms with Crippen LogP contribution in [0.3, 0.4) is 0 Å². The molecule has 0 aliphatic carbocycles. The predicted octanol–water partition coefficient (Wildman–Crippen LogP) is 0.521. The summed E-state index contributed by atoms with van der Waals surface area (Å²) >= 11 is 0. The van der Waals surface area contributed by atoms with Crippen LogP contribution in [0.15, 0.2) is 0 Å². The fourth-order valence-corrected chi connectivity index (χ4v) is 0.0962. The minimum absolute atomic E-state index is 0.583. The zero-order valence-corrected chi connectivity index (χ0v) is 4.14. The van der Waals surface area contributed by atoms with Crippen molar-refractivity contribution in [3.63, 3.8) is 0 Å². The summed E-state index contributed by atoms with van der Waals surface area (Å²) in [6.45, 7) is 3.04. The van der Waals surface area contributed by atoms with Crippen molar-refractivity contribution >= 4 is 0 Å². The van der Waals surface area contributed by atoms with E-state index < -0.39 is 0 Å². The van der Waals surface area contributed by atoms with Gasteiger partial charge in [0.25, 0.3) is 0 Å². The van der Waals surface area contributed by atoms with E-state index in [0.717, 1.165) is 6.61 Å². The quantitative estimate of drug-likeness (QED) is 0.261. The molecule has 1 fully saturated rings. The van der Waals surface area contributed by atoms with Crippen LogP contribution in [-0.4, -0.2) is 12.7 Å². The highest BCUT2D eigenvalue weighted by Crippen LogP contribution is 2.04. The maximum absolute atomic E-state index is 5.50. The van der Waals surface area contributed by atoms with Gasteiger partial charge >= 0.3 is 0 Å². The highest BCUT2D eigenvalue weighted by Gasteiger charge is 2.13. The Balaban J connectivity index is 0.000000110. The second-order valence-electron chi connectivity index (χ2n) is 1.26. The van der Waals surface area contributed by atoms with Crippen LogP contribution in [0.4, 0.5) is 0 Å². The number of hydrogen-bond acceptors (Lipinski definition) is 3. The largest absolute Gasteiger partial charge is 0.373 e. The van der Waals surface area contributed by atoms with Crippen LogP contribution in [0.2, 0.25) is 0 Å². The molecule has 4 heteroatoms. The topological polar surface area (TPSA) is 74.3 Å². The van der Waals surface area contributed by atoms with Gasteiger partial charge in [-0.25, -0.2) is 0 Å². The van der Waals surface area contributed by atoms with Crippen LogP contribution in [0.25, 0.3) is 0 Å². The molecule has 1 saturated heterocycles. The number of nitrogens with zero attached hydrogens (tertiary/aromatic N) is 1. The molecule has 2 N–H and O–H groups in total. The van der Waals surface area contributed by atoms with Gasteiger partial charge in [0, 0.05) is 0 Å². The summed E-state index contributed by atoms with van der Waals surface area (Å²) in [5.74, 6) is 0. The van der Waals surface area contributed by atoms with Gasteiger partial charge in [0.05, 0.1) is 12.7 Å². The number of rotatable bonds is 0. The first-order chi connectivity index (χ1) is 3.31. The summed E-state index contributed by atoms with van der Waals surface area (Å²) in [5.41, 5.74) is 11.0. The monoisotopic (exact) mass is 102 g/mol. The van der Waals surface area contributed by atoms with Gasteiger partial charge in [-0.1, -0.05) is 0 Å². The third-order valence-corrected chi connectivity index (χ3v) is 0.500. The third-order valence-electron chi connectivity index (χ3n) is 0.500. The molecule has 0 amide bonds. The number of epoxide rings is 1. The molecule has 1 aliphatic heterocycles. The van der Waals surface area contributed by atoms with Crippen LogP contribution >= 0.6 is 0 Å². The van der Waals surface area contributed by atoms with Crippen molar-refractivity contribution in [2.24, 2.45) is 0 Å². The molecule has 40 valence electrons. The smallest absolute Gasteiger partial charge is 0.211 e. The van der Waals surface area contributed by atoms with Crippen molar-refractivity contribution in [2.45, 2.75) is 13.0 Å². The lowest BCUT2D eigenvalue weighted by Crippen LogP contribution is -1.60. The maximum Gasteiger partial charge on any atom is 0.211 e. The highest BCUT2D eigenvalue weighted by atomic mass is 16.6. The minimum atomic E-state index is 0.583. The molecular weight excluding hydrogens is 94.1 g/mol. The Bertz CT molecular complexity index is 72.2. The van der Waals surface area contributed by atoms with Crippen molar-refractivity contribution in [1.29, 1.82) is 11.1 Å². The molecule has 0 spiro atoms. The van der Waals surface area contributed by atoms with Gasteiger partial charge in [0.15, 0.2) is 0 Å². The van der Waals surface area contributed by atoms with Crippen molar-refractivity contribution in [2.75, 3.05) is 6.61 Å². The zero-order chi connectivity index (χ0) is 5.70. The number of hydrogen-bond donors (Lipinski definition) is 2. The van der Waals surface area contributed by atoms with Crippen molar-refractivity contribution in [3.8, 4) is 0 Å². The Labute approximate surface area is 41.5 Å². The second kappa shape index (κ2) is 3.46. The lowest BCUT2D eigenvalue weighted by molar-refractivity contribution is 0.423. The summed E-state index contributed by atoms with van der Waals surface area (Å²) in [6.07, 6.45) is 0.583. The van der Waals surface area contributed by atoms with Crippen LogP contribution in [0, 0.1) is 11.1 Å². The molecule has 0 aromatic carbocycles. The van der Waals surface area contributed by atoms with Crippen molar-refractivity contribution in [3.05, 3.63) is 0 Å². The van der Waals surface area contributed by atoms with E-state index in [9.17, 15) is 0 Å². The van der Waals surface area contributed by atoms with Gasteiger partial charge in [0.2, 0.25) is 4.91 Å². The highest BCUT2D eigenvalue weighted by molar-refractivity contribution is 4.58. The molecule has 0 radical (unpaired) electrons. The van der Waals surface area contributed by atoms with E-state index in [1.54, 1.807) is 0 Å². The fraction of sp³-hybridized carbons (Fsp3) is 1.00. The van der Waals surface area contributed by atoms with Gasteiger partial charge in [-0.15, -0.1) is 0 Å². The van der Waals surface area contributed by atoms with E-state index in [1.165, 1.54) is 0 Å². The van der Waals surface area contributed by atoms with E-state index in [1.807, 2.05) is 4.91 Å². The summed E-state index contributed by atoms with van der Waals surface area (Å²) in [6, 6.07) is 0. The van der Waals surface area contributed by atoms with Gasteiger partial charge < -0.3 is 4.74 Å². The normalized spacial score (nSPS) is 23.9. The number of nitrogens with one attached hydrogen (secondary N) is 2. The molecule has 1 unspecified atom stereocenters. The lowest BCUT2D eigenvalue weighted by Gasteiger charge is -1.50. The van der Waals surface area contributed by atoms with Gasteiger partial charge in [-0.05, 0) is 6.92 Å². The van der Waals surface area contributed by atoms with Gasteiger partial charge in [0.1, 0.15) is 11.1 Å². The van der Waals surface area contributed by atoms with Crippen LogP contribution in [-0.2, 0) is 4.74 Å². The summed E-state index contributed by atoms with van der Waals surface area (Å²) in [5, 5.41) is 0. The van der Waals surface area contributed by atoms with Crippen LogP contribution < -0.4 is 4.91 Å². The fourth-order valence-electron chi connectivity index (χ4n) is 0.0962. The van der Waals surface area contributed by atoms with E-state index in [-0.39, 0.29) is 0 Å². The summed E-state index contributed by atoms with van der Waals surface area (Å²) < 4.78 is 4.71. The van der Waals surface area contributed by atoms with E-state index in [4.69, 9.17) is 15.8 Å². The molecule has 1 aliphatic rings. The molecule has 0 aromatic heterocycles. The second-order valence-corrected chi connectivity index (χ2v) is 1.26. The average molecular weight is 102 g/mol. The SMILES string of the molecule is CC1CO1.N=[N+]=N. The molecular formula is C3H8N3O+. The summed E-state index contributed by atoms with van der Waals surface area (Å²) in [7, 11) is 0. The van der Waals surface area contributed by atoms with E-state index in [0.29, 0.717) is 6.10 Å². The molecule has 4 nitrogen and oxygen atoms in total. The Morgan fingerprint density at radius 3 is 1.86 bits per heavy atom. The Kier molecular flexibility index (Phi) is 3.10. The predicted molar refractivity (Wildman–Crippen MR) is 23.0 cm³/mol. The molecule has 1 atom stereocenters. The first kappa shape index (κ1) is 6.27. The third kappa shape index (κ3) is 10.9. The van der Waals surface area contributed by atoms with E-state index >= 15 is 0 Å². The zero-order valence-electron chi connectivity index (χ0n) is 4.14. The first-order valence-electron chi connectivity index (χ1n) is 1.96. The average Bonchev–Trinajstić information content (AvgIpc) is 2.25. The molecule has 0 saturated carbocycles. The standard InChI is InChI=1S/C3H6O.H2N3/c1-3-2-4-3;1-3-2/h3H,2H2,1H3;1-2H/q;+1. The minimum Gasteiger partial charge on any atom is -0.373 e. The first-order valence-corrected chi connectivity index (χ1v) is 1.96. The lowest BCUT2D eigenvalue weighted by atomic mass is 10.6. The maximum atomic E-state index is 5.50. The van der Waals surface area contributed by atoms with E-state index in [2.05, 4.69) is 6.92 Å². The Hall–Kier alpha value is -0.730. The Morgan fingerprint density at radius 2 is 1.86 bits per heavy atom. The molecule has 0 aromatic rings. The summed E-state index contributed by atoms with van der Waals surface area (Å²) in [4.78, 5) is 2.00. The van der Waals surface area contributed by atoms with Gasteiger partial charge in [-0.3, -0.25) is 0 Å². The van der Waals surface area contributed by atoms with Crippen molar-refractivity contribution < 1.29 is 4.74 Å². The van der Waals surface area contributed by atoms with Crippen molar-refractivity contribution in [1.82, 2.24) is 4.91 Å². The van der Waals surface area contributed by atoms with Crippen LogP contribution in [0.5, 0.6) is 0 Å². The molecule has 0 bridgehead atoms. The molecule has 1 heterocycles. The van der Waals surface area contributed by atoms with Crippen LogP contribution in [0.1, 0.15) is 6.92 Å². The molecule has 7 heavy (non-hydrogen) atoms. The molecule has 1 rings (SSSR count).